The van der Waals surface area contributed by atoms with Crippen molar-refractivity contribution in [1.29, 1.82) is 0 Å². The molecule has 0 spiro atoms. The Morgan fingerprint density at radius 3 is 2.36 bits per heavy atom. The van der Waals surface area contributed by atoms with Crippen molar-refractivity contribution < 1.29 is 9.59 Å². The van der Waals surface area contributed by atoms with Gasteiger partial charge in [0.05, 0.1) is 17.9 Å². The van der Waals surface area contributed by atoms with Gasteiger partial charge in [-0.1, -0.05) is 12.8 Å². The summed E-state index contributed by atoms with van der Waals surface area (Å²) in [6, 6.07) is 9.45. The van der Waals surface area contributed by atoms with Gasteiger partial charge in [-0.15, -0.1) is 0 Å². The molecule has 6 nitrogen and oxygen atoms in total. The lowest BCUT2D eigenvalue weighted by Gasteiger charge is -2.28. The number of aryl methyl sites for hydroxylation is 2. The Morgan fingerprint density at radius 1 is 1.20 bits per heavy atom. The molecule has 2 N–H and O–H groups in total. The Kier molecular flexibility index (Phi) is 4.88. The van der Waals surface area contributed by atoms with Gasteiger partial charge >= 0.3 is 0 Å². The van der Waals surface area contributed by atoms with E-state index in [-0.39, 0.29) is 18.5 Å². The van der Waals surface area contributed by atoms with Crippen molar-refractivity contribution in [1.82, 2.24) is 14.7 Å². The Balaban J connectivity index is 1.83. The molecule has 0 unspecified atom stereocenters. The summed E-state index contributed by atoms with van der Waals surface area (Å²) in [5, 5.41) is 4.45. The fourth-order valence-electron chi connectivity index (χ4n) is 3.55. The Morgan fingerprint density at radius 2 is 1.84 bits per heavy atom. The molecule has 0 bridgehead atoms. The van der Waals surface area contributed by atoms with Gasteiger partial charge in [0.25, 0.3) is 5.91 Å². The topological polar surface area (TPSA) is 81.2 Å². The van der Waals surface area contributed by atoms with Crippen molar-refractivity contribution >= 4 is 11.8 Å². The molecule has 6 heteroatoms. The number of aromatic nitrogens is 2. The average Bonchev–Trinajstić information content (AvgIpc) is 3.21. The predicted molar refractivity (Wildman–Crippen MR) is 95.5 cm³/mol. The second kappa shape index (κ2) is 7.09. The van der Waals surface area contributed by atoms with E-state index in [4.69, 9.17) is 5.73 Å². The van der Waals surface area contributed by atoms with Crippen molar-refractivity contribution in [3.05, 3.63) is 47.3 Å². The fourth-order valence-corrected chi connectivity index (χ4v) is 3.55. The van der Waals surface area contributed by atoms with Gasteiger partial charge in [-0.3, -0.25) is 9.59 Å². The monoisotopic (exact) mass is 340 g/mol. The Hall–Kier alpha value is -2.63. The maximum absolute atomic E-state index is 12.9. The standard InChI is InChI=1S/C19H24N4O2/c1-13-11-14(2)23(21-13)17-9-7-15(8-10-17)19(25)22(12-18(20)24)16-5-3-4-6-16/h7-11,16H,3-6,12H2,1-2H3,(H2,20,24). The molecule has 0 saturated heterocycles. The molecule has 0 aliphatic heterocycles. The number of primary amides is 1. The van der Waals surface area contributed by atoms with E-state index in [1.165, 1.54) is 0 Å². The van der Waals surface area contributed by atoms with Crippen LogP contribution in [0.5, 0.6) is 0 Å². The molecule has 1 heterocycles. The molecule has 25 heavy (non-hydrogen) atoms. The first-order chi connectivity index (χ1) is 12.0. The van der Waals surface area contributed by atoms with Crippen LogP contribution in [-0.4, -0.2) is 39.1 Å². The zero-order chi connectivity index (χ0) is 18.0. The molecule has 1 aromatic heterocycles. The van der Waals surface area contributed by atoms with Crippen molar-refractivity contribution in [2.24, 2.45) is 5.73 Å². The van der Waals surface area contributed by atoms with E-state index in [0.29, 0.717) is 5.56 Å². The van der Waals surface area contributed by atoms with Crippen molar-refractivity contribution in [2.45, 2.75) is 45.6 Å². The van der Waals surface area contributed by atoms with Crippen LogP contribution in [0.3, 0.4) is 0 Å². The number of hydrogen-bond donors (Lipinski definition) is 1. The van der Waals surface area contributed by atoms with E-state index in [9.17, 15) is 9.59 Å². The molecule has 1 aliphatic rings. The zero-order valence-corrected chi connectivity index (χ0v) is 14.7. The van der Waals surface area contributed by atoms with E-state index in [2.05, 4.69) is 5.10 Å². The number of amides is 2. The number of nitrogens with two attached hydrogens (primary N) is 1. The maximum atomic E-state index is 12.9. The first kappa shape index (κ1) is 17.2. The van der Waals surface area contributed by atoms with Crippen LogP contribution in [-0.2, 0) is 4.79 Å². The van der Waals surface area contributed by atoms with Gasteiger partial charge in [0.15, 0.2) is 0 Å². The summed E-state index contributed by atoms with van der Waals surface area (Å²) in [6.45, 7) is 3.92. The molecule has 2 aromatic rings. The van der Waals surface area contributed by atoms with Gasteiger partial charge in [-0.25, -0.2) is 4.68 Å². The summed E-state index contributed by atoms with van der Waals surface area (Å²) in [5.41, 5.74) is 8.82. The minimum absolute atomic E-state index is 0.0251. The van der Waals surface area contributed by atoms with E-state index in [0.717, 1.165) is 42.8 Å². The molecule has 1 aliphatic carbocycles. The molecule has 1 fully saturated rings. The number of carbonyl (C=O) groups is 2. The van der Waals surface area contributed by atoms with Gasteiger partial charge in [-0.05, 0) is 57.0 Å². The van der Waals surface area contributed by atoms with Crippen LogP contribution in [0.25, 0.3) is 5.69 Å². The Bertz CT molecular complexity index is 773. The lowest BCUT2D eigenvalue weighted by Crippen LogP contribution is -2.44. The predicted octanol–water partition coefficient (Wildman–Crippen LogP) is 2.36. The van der Waals surface area contributed by atoms with Gasteiger partial charge in [-0.2, -0.15) is 5.10 Å². The molecule has 0 atom stereocenters. The SMILES string of the molecule is Cc1cc(C)n(-c2ccc(C(=O)N(CC(N)=O)C3CCCC3)cc2)n1. The van der Waals surface area contributed by atoms with Crippen LogP contribution in [0.2, 0.25) is 0 Å². The number of hydrogen-bond acceptors (Lipinski definition) is 3. The molecule has 132 valence electrons. The first-order valence-corrected chi connectivity index (χ1v) is 8.68. The second-order valence-corrected chi connectivity index (χ2v) is 6.72. The molecule has 1 saturated carbocycles. The van der Waals surface area contributed by atoms with Crippen molar-refractivity contribution in [3.8, 4) is 5.69 Å². The van der Waals surface area contributed by atoms with Gasteiger partial charge in [0.1, 0.15) is 0 Å². The van der Waals surface area contributed by atoms with E-state index in [1.807, 2.05) is 36.7 Å². The first-order valence-electron chi connectivity index (χ1n) is 8.68. The highest BCUT2D eigenvalue weighted by Crippen LogP contribution is 2.25. The third-order valence-electron chi connectivity index (χ3n) is 4.72. The van der Waals surface area contributed by atoms with Gasteiger partial charge < -0.3 is 10.6 Å². The van der Waals surface area contributed by atoms with Gasteiger partial charge in [0, 0.05) is 17.3 Å². The summed E-state index contributed by atoms with van der Waals surface area (Å²) >= 11 is 0. The van der Waals surface area contributed by atoms with Crippen molar-refractivity contribution in [2.75, 3.05) is 6.54 Å². The Labute approximate surface area is 147 Å². The van der Waals surface area contributed by atoms with E-state index in [1.54, 1.807) is 17.0 Å². The van der Waals surface area contributed by atoms with Gasteiger partial charge in [0.2, 0.25) is 5.91 Å². The highest BCUT2D eigenvalue weighted by molar-refractivity contribution is 5.96. The normalized spacial score (nSPS) is 14.6. The molecule has 1 aromatic carbocycles. The smallest absolute Gasteiger partial charge is 0.254 e. The summed E-state index contributed by atoms with van der Waals surface area (Å²) in [4.78, 5) is 25.9. The van der Waals surface area contributed by atoms with Crippen LogP contribution < -0.4 is 5.73 Å². The maximum Gasteiger partial charge on any atom is 0.254 e. The summed E-state index contributed by atoms with van der Waals surface area (Å²) < 4.78 is 1.85. The van der Waals surface area contributed by atoms with Crippen LogP contribution in [0.15, 0.2) is 30.3 Å². The quantitative estimate of drug-likeness (QED) is 0.907. The highest BCUT2D eigenvalue weighted by atomic mass is 16.2. The number of nitrogens with zero attached hydrogens (tertiary/aromatic N) is 3. The third kappa shape index (κ3) is 3.73. The van der Waals surface area contributed by atoms with Crippen molar-refractivity contribution in [3.63, 3.8) is 0 Å². The van der Waals surface area contributed by atoms with Crippen LogP contribution in [0.1, 0.15) is 47.4 Å². The molecule has 3 rings (SSSR count). The van der Waals surface area contributed by atoms with E-state index < -0.39 is 5.91 Å². The summed E-state index contributed by atoms with van der Waals surface area (Å²) in [5.74, 6) is -0.606. The minimum atomic E-state index is -0.473. The average molecular weight is 340 g/mol. The fraction of sp³-hybridized carbons (Fsp3) is 0.421. The number of carbonyl (C=O) groups excluding carboxylic acids is 2. The van der Waals surface area contributed by atoms with Crippen LogP contribution in [0, 0.1) is 13.8 Å². The lowest BCUT2D eigenvalue weighted by atomic mass is 10.1. The van der Waals surface area contributed by atoms with Crippen LogP contribution in [0.4, 0.5) is 0 Å². The van der Waals surface area contributed by atoms with E-state index >= 15 is 0 Å². The van der Waals surface area contributed by atoms with Crippen LogP contribution >= 0.6 is 0 Å². The number of benzene rings is 1. The summed E-state index contributed by atoms with van der Waals surface area (Å²) in [7, 11) is 0. The molecule has 0 radical (unpaired) electrons. The molecule has 2 amide bonds. The zero-order valence-electron chi connectivity index (χ0n) is 14.7. The second-order valence-electron chi connectivity index (χ2n) is 6.72. The highest BCUT2D eigenvalue weighted by Gasteiger charge is 2.28. The lowest BCUT2D eigenvalue weighted by molar-refractivity contribution is -0.119. The summed E-state index contributed by atoms with van der Waals surface area (Å²) in [6.07, 6.45) is 4.04. The molecular weight excluding hydrogens is 316 g/mol. The largest absolute Gasteiger partial charge is 0.368 e. The number of rotatable bonds is 5. The molecular formula is C19H24N4O2. The third-order valence-corrected chi connectivity index (χ3v) is 4.72. The minimum Gasteiger partial charge on any atom is -0.368 e.